The van der Waals surface area contributed by atoms with E-state index in [9.17, 15) is 19.4 Å². The van der Waals surface area contributed by atoms with Crippen LogP contribution >= 0.6 is 7.82 Å². The molecule has 0 aliphatic heterocycles. The Kier molecular flexibility index (Phi) is 49.9. The van der Waals surface area contributed by atoms with E-state index in [2.05, 4.69) is 104 Å². The molecule has 9 heteroatoms. The molecule has 0 radical (unpaired) electrons. The molecule has 3 N–H and O–H groups in total. The van der Waals surface area contributed by atoms with Crippen molar-refractivity contribution in [2.45, 2.75) is 257 Å². The quantitative estimate of drug-likeness (QED) is 0.0243. The number of phosphoric acid groups is 1. The summed E-state index contributed by atoms with van der Waals surface area (Å²) in [6.07, 6.45) is 72.2. The molecule has 0 bridgehead atoms. The van der Waals surface area contributed by atoms with Gasteiger partial charge in [-0.25, -0.2) is 4.57 Å². The highest BCUT2D eigenvalue weighted by atomic mass is 31.2. The largest absolute Gasteiger partial charge is 0.472 e. The number of carbonyl (C=O) groups excluding carboxylic acids is 1. The van der Waals surface area contributed by atoms with Crippen molar-refractivity contribution in [3.8, 4) is 0 Å². The third-order valence-electron chi connectivity index (χ3n) is 12.7. The topological polar surface area (TPSA) is 105 Å². The Morgan fingerprint density at radius 3 is 1.20 bits per heavy atom. The van der Waals surface area contributed by atoms with Crippen LogP contribution in [0.3, 0.4) is 0 Å². The Hall–Kier alpha value is -2.32. The summed E-state index contributed by atoms with van der Waals surface area (Å²) in [5, 5.41) is 14.0. The lowest BCUT2D eigenvalue weighted by Crippen LogP contribution is -2.46. The van der Waals surface area contributed by atoms with Crippen LogP contribution in [0.1, 0.15) is 245 Å². The van der Waals surface area contributed by atoms with Crippen LogP contribution in [0.15, 0.2) is 85.1 Å². The minimum atomic E-state index is -4.35. The summed E-state index contributed by atoms with van der Waals surface area (Å²) in [7, 11) is 1.57. The molecule has 0 saturated heterocycles. The number of hydrogen-bond acceptors (Lipinski definition) is 5. The van der Waals surface area contributed by atoms with Gasteiger partial charge in [-0.3, -0.25) is 13.8 Å². The average molecular weight is 1000 g/mol. The van der Waals surface area contributed by atoms with Crippen molar-refractivity contribution in [2.24, 2.45) is 0 Å². The molecular weight excluding hydrogens is 888 g/mol. The molecule has 3 atom stereocenters. The molecule has 0 saturated carbocycles. The molecule has 0 aliphatic carbocycles. The zero-order valence-corrected chi connectivity index (χ0v) is 47.1. The monoisotopic (exact) mass is 1000 g/mol. The normalized spacial score (nSPS) is 14.6. The highest BCUT2D eigenvalue weighted by molar-refractivity contribution is 7.47. The van der Waals surface area contributed by atoms with Crippen molar-refractivity contribution >= 4 is 13.7 Å². The number of phosphoric ester groups is 1. The molecule has 0 aliphatic rings. The molecule has 0 aromatic carbocycles. The van der Waals surface area contributed by atoms with E-state index in [0.29, 0.717) is 30.3 Å². The van der Waals surface area contributed by atoms with Crippen LogP contribution in [0, 0.1) is 0 Å². The van der Waals surface area contributed by atoms with E-state index >= 15 is 0 Å². The van der Waals surface area contributed by atoms with Gasteiger partial charge in [0.25, 0.3) is 0 Å². The van der Waals surface area contributed by atoms with Crippen LogP contribution in [0.5, 0.6) is 0 Å². The average Bonchev–Trinajstić information content (AvgIpc) is 3.32. The summed E-state index contributed by atoms with van der Waals surface area (Å²) in [5.74, 6) is -0.202. The highest BCUT2D eigenvalue weighted by Crippen LogP contribution is 2.43. The lowest BCUT2D eigenvalue weighted by molar-refractivity contribution is -0.870. The maximum absolute atomic E-state index is 13.0. The first-order valence-corrected chi connectivity index (χ1v) is 30.4. The van der Waals surface area contributed by atoms with Gasteiger partial charge in [0.1, 0.15) is 13.2 Å². The fraction of sp³-hybridized carbons (Fsp3) is 0.754. The Labute approximate surface area is 433 Å². The number of aliphatic hydroxyl groups excluding tert-OH is 1. The molecule has 0 fully saturated rings. The van der Waals surface area contributed by atoms with Gasteiger partial charge in [0.15, 0.2) is 0 Å². The van der Waals surface area contributed by atoms with Gasteiger partial charge in [-0.05, 0) is 64.2 Å². The van der Waals surface area contributed by atoms with Crippen molar-refractivity contribution in [3.63, 3.8) is 0 Å². The molecule has 0 spiro atoms. The predicted molar refractivity (Wildman–Crippen MR) is 304 cm³/mol. The predicted octanol–water partition coefficient (Wildman–Crippen LogP) is 17.6. The summed E-state index contributed by atoms with van der Waals surface area (Å²) in [4.78, 5) is 23.3. The summed E-state index contributed by atoms with van der Waals surface area (Å²) >= 11 is 0. The molecule has 0 aromatic rings. The van der Waals surface area contributed by atoms with Gasteiger partial charge in [-0.1, -0.05) is 259 Å². The van der Waals surface area contributed by atoms with E-state index in [4.69, 9.17) is 9.05 Å². The van der Waals surface area contributed by atoms with Crippen LogP contribution in [0.2, 0.25) is 0 Å². The second kappa shape index (κ2) is 51.6. The maximum atomic E-state index is 13.0. The zero-order valence-electron chi connectivity index (χ0n) is 46.2. The Bertz CT molecular complexity index is 1410. The van der Waals surface area contributed by atoms with E-state index in [1.165, 1.54) is 141 Å². The van der Waals surface area contributed by atoms with Gasteiger partial charge in [0.2, 0.25) is 5.91 Å². The minimum Gasteiger partial charge on any atom is -0.391 e. The lowest BCUT2D eigenvalue weighted by atomic mass is 10.0. The number of carbonyl (C=O) groups is 1. The third kappa shape index (κ3) is 53.5. The molecule has 0 heterocycles. The number of amides is 1. The fourth-order valence-electron chi connectivity index (χ4n) is 8.15. The van der Waals surface area contributed by atoms with Gasteiger partial charge < -0.3 is 19.8 Å². The van der Waals surface area contributed by atoms with Crippen molar-refractivity contribution in [3.05, 3.63) is 85.1 Å². The van der Waals surface area contributed by atoms with Crippen LogP contribution in [0.4, 0.5) is 0 Å². The van der Waals surface area contributed by atoms with Crippen LogP contribution < -0.4 is 5.32 Å². The van der Waals surface area contributed by atoms with Gasteiger partial charge >= 0.3 is 7.82 Å². The van der Waals surface area contributed by atoms with E-state index in [0.717, 1.165) is 70.6 Å². The molecule has 1 amide bonds. The summed E-state index contributed by atoms with van der Waals surface area (Å²) in [6, 6.07) is -0.798. The lowest BCUT2D eigenvalue weighted by Gasteiger charge is -2.26. The molecule has 8 nitrogen and oxygen atoms in total. The van der Waals surface area contributed by atoms with Crippen LogP contribution in [0.25, 0.3) is 0 Å². The second-order valence-electron chi connectivity index (χ2n) is 20.6. The zero-order chi connectivity index (χ0) is 51.3. The smallest absolute Gasteiger partial charge is 0.391 e. The van der Waals surface area contributed by atoms with Crippen molar-refractivity contribution < 1.29 is 32.9 Å². The van der Waals surface area contributed by atoms with E-state index < -0.39 is 20.0 Å². The van der Waals surface area contributed by atoms with Gasteiger partial charge in [0, 0.05) is 6.42 Å². The van der Waals surface area contributed by atoms with E-state index in [1.807, 2.05) is 21.1 Å². The Morgan fingerprint density at radius 1 is 0.500 bits per heavy atom. The summed E-state index contributed by atoms with van der Waals surface area (Å²) in [6.45, 7) is 4.74. The van der Waals surface area contributed by atoms with Crippen molar-refractivity contribution in [1.82, 2.24) is 5.32 Å². The number of nitrogens with zero attached hydrogens (tertiary/aromatic N) is 1. The first-order chi connectivity index (χ1) is 34.0. The third-order valence-corrected chi connectivity index (χ3v) is 13.6. The SMILES string of the molecule is CC/C=C\C/C=C\C/C=C\C/C=C\C/C=C\C/C=C\C/C=C\CCCC(=O)NC(COP(=O)(O)OCC[N+](C)(C)C)C(O)CCCCCCCCCCCCCCCCCCCCCCCCCCC. The summed E-state index contributed by atoms with van der Waals surface area (Å²) < 4.78 is 23.8. The molecule has 0 rings (SSSR count). The number of rotatable bonds is 52. The fourth-order valence-corrected chi connectivity index (χ4v) is 8.89. The maximum Gasteiger partial charge on any atom is 0.472 e. The molecule has 3 unspecified atom stereocenters. The number of likely N-dealkylation sites (N-methyl/N-ethyl adjacent to an activating group) is 1. The first kappa shape index (κ1) is 67.7. The van der Waals surface area contributed by atoms with E-state index in [-0.39, 0.29) is 19.1 Å². The minimum absolute atomic E-state index is 0.0596. The van der Waals surface area contributed by atoms with Crippen molar-refractivity contribution in [2.75, 3.05) is 40.9 Å². The van der Waals surface area contributed by atoms with Gasteiger partial charge in [-0.15, -0.1) is 0 Å². The molecule has 406 valence electrons. The molecule has 0 aromatic heterocycles. The van der Waals surface area contributed by atoms with Gasteiger partial charge in [0.05, 0.1) is 39.9 Å². The number of allylic oxidation sites excluding steroid dienone is 14. The standard InChI is InChI=1S/C61H111N2O6P/c1-6-8-10-12-14-16-18-20-22-24-26-28-30-31-33-34-36-38-40-42-44-46-48-50-52-54-60(64)59(58-69-70(66,67)68-57-56-63(3,4)5)62-61(65)55-53-51-49-47-45-43-41-39-37-35-32-29-27-25-23-21-19-17-15-13-11-9-7-2/h9,11,15,17,21,23,27,29,35,37,41,43,47,49,59-60,64H,6-8,10,12-14,16,18-20,22,24-26,28,30-34,36,38-40,42,44-46,48,50-58H2,1-5H3,(H-,62,65,66,67)/p+1/b11-9-,17-15-,23-21-,29-27-,37-35-,43-41-,49-47-. The second-order valence-corrected chi connectivity index (χ2v) is 22.1. The van der Waals surface area contributed by atoms with Crippen molar-refractivity contribution in [1.29, 1.82) is 0 Å². The highest BCUT2D eigenvalue weighted by Gasteiger charge is 2.28. The van der Waals surface area contributed by atoms with Gasteiger partial charge in [-0.2, -0.15) is 0 Å². The number of hydrogen-bond donors (Lipinski definition) is 3. The number of nitrogens with one attached hydrogen (secondary N) is 1. The van der Waals surface area contributed by atoms with Crippen LogP contribution in [-0.4, -0.2) is 73.4 Å². The van der Waals surface area contributed by atoms with Crippen LogP contribution in [-0.2, 0) is 18.4 Å². The number of unbranched alkanes of at least 4 members (excludes halogenated alkanes) is 25. The Morgan fingerprint density at radius 2 is 0.843 bits per heavy atom. The Balaban J connectivity index is 4.29. The summed E-state index contributed by atoms with van der Waals surface area (Å²) in [5.41, 5.74) is 0. The number of aliphatic hydroxyl groups is 1. The van der Waals surface area contributed by atoms with E-state index in [1.54, 1.807) is 0 Å². The first-order valence-electron chi connectivity index (χ1n) is 29.0. The molecule has 70 heavy (non-hydrogen) atoms. The number of quaternary nitrogens is 1. The molecular formula is C61H112N2O6P+.